The van der Waals surface area contributed by atoms with Gasteiger partial charge < -0.3 is 5.32 Å². The summed E-state index contributed by atoms with van der Waals surface area (Å²) in [6.07, 6.45) is 0.448. The first-order valence-corrected chi connectivity index (χ1v) is 7.93. The monoisotopic (exact) mass is 362 g/mol. The number of aromatic nitrogens is 5. The van der Waals surface area contributed by atoms with Gasteiger partial charge in [0.2, 0.25) is 5.95 Å². The summed E-state index contributed by atoms with van der Waals surface area (Å²) < 4.78 is 39.9. The quantitative estimate of drug-likeness (QED) is 0.596. The summed E-state index contributed by atoms with van der Waals surface area (Å²) in [6.45, 7) is 0. The zero-order valence-electron chi connectivity index (χ0n) is 12.4. The van der Waals surface area contributed by atoms with E-state index in [0.717, 1.165) is 17.0 Å². The Hall–Kier alpha value is -3.01. The van der Waals surface area contributed by atoms with Crippen molar-refractivity contribution in [3.8, 4) is 10.6 Å². The molecule has 0 amide bonds. The lowest BCUT2D eigenvalue weighted by Gasteiger charge is -2.08. The average molecular weight is 362 g/mol. The van der Waals surface area contributed by atoms with Gasteiger partial charge in [0.25, 0.3) is 0 Å². The first-order valence-electron chi connectivity index (χ1n) is 7.05. The molecule has 126 valence electrons. The second-order valence-corrected chi connectivity index (χ2v) is 5.94. The van der Waals surface area contributed by atoms with Crippen LogP contribution < -0.4 is 5.32 Å². The van der Waals surface area contributed by atoms with Crippen molar-refractivity contribution in [2.45, 2.75) is 6.18 Å². The number of hydrogen-bond donors (Lipinski definition) is 1. The molecule has 25 heavy (non-hydrogen) atoms. The third-order valence-corrected chi connectivity index (χ3v) is 4.15. The number of rotatable bonds is 3. The Labute approximate surface area is 143 Å². The van der Waals surface area contributed by atoms with Crippen LogP contribution in [0.5, 0.6) is 0 Å². The molecular weight excluding hydrogens is 353 g/mol. The van der Waals surface area contributed by atoms with Crippen molar-refractivity contribution >= 4 is 28.6 Å². The highest BCUT2D eigenvalue weighted by molar-refractivity contribution is 7.13. The summed E-state index contributed by atoms with van der Waals surface area (Å²) in [7, 11) is 0. The van der Waals surface area contributed by atoms with Crippen molar-refractivity contribution < 1.29 is 13.2 Å². The third kappa shape index (κ3) is 3.03. The van der Waals surface area contributed by atoms with E-state index in [1.165, 1.54) is 28.0 Å². The minimum absolute atomic E-state index is 0.179. The first kappa shape index (κ1) is 15.5. The summed E-state index contributed by atoms with van der Waals surface area (Å²) in [5.41, 5.74) is 2.28. The number of nitrogens with one attached hydrogen (secondary N) is 1. The minimum atomic E-state index is -4.41. The molecule has 0 aliphatic rings. The molecule has 0 aliphatic carbocycles. The van der Waals surface area contributed by atoms with Crippen LogP contribution in [0.1, 0.15) is 5.56 Å². The SMILES string of the molecule is FC(F)(F)c1cccc(Nc2nc3c(-c4cncs4)nccn3n2)c1. The van der Waals surface area contributed by atoms with Gasteiger partial charge in [-0.1, -0.05) is 6.07 Å². The van der Waals surface area contributed by atoms with E-state index in [4.69, 9.17) is 0 Å². The van der Waals surface area contributed by atoms with Gasteiger partial charge in [0.1, 0.15) is 5.69 Å². The van der Waals surface area contributed by atoms with Crippen LogP contribution in [0.25, 0.3) is 16.2 Å². The molecule has 10 heteroatoms. The molecule has 1 N–H and O–H groups in total. The molecule has 4 rings (SSSR count). The van der Waals surface area contributed by atoms with Gasteiger partial charge in [0.05, 0.1) is 16.0 Å². The van der Waals surface area contributed by atoms with Crippen LogP contribution in [0.4, 0.5) is 24.8 Å². The predicted molar refractivity (Wildman–Crippen MR) is 86.6 cm³/mol. The average Bonchev–Trinajstić information content (AvgIpc) is 3.23. The molecule has 0 spiro atoms. The molecule has 0 fully saturated rings. The highest BCUT2D eigenvalue weighted by Crippen LogP contribution is 2.31. The van der Waals surface area contributed by atoms with E-state index < -0.39 is 11.7 Å². The number of fused-ring (bicyclic) bond motifs is 1. The van der Waals surface area contributed by atoms with Gasteiger partial charge in [0, 0.05) is 24.3 Å². The third-order valence-electron chi connectivity index (χ3n) is 3.37. The molecule has 0 atom stereocenters. The van der Waals surface area contributed by atoms with Crippen molar-refractivity contribution in [2.24, 2.45) is 0 Å². The van der Waals surface area contributed by atoms with Crippen molar-refractivity contribution in [1.29, 1.82) is 0 Å². The lowest BCUT2D eigenvalue weighted by Crippen LogP contribution is -2.05. The van der Waals surface area contributed by atoms with Crippen LogP contribution in [0, 0.1) is 0 Å². The number of anilines is 2. The van der Waals surface area contributed by atoms with Crippen molar-refractivity contribution in [3.05, 3.63) is 53.9 Å². The van der Waals surface area contributed by atoms with Crippen LogP contribution in [-0.2, 0) is 6.18 Å². The fourth-order valence-electron chi connectivity index (χ4n) is 2.28. The van der Waals surface area contributed by atoms with E-state index in [9.17, 15) is 13.2 Å². The van der Waals surface area contributed by atoms with Gasteiger partial charge in [-0.05, 0) is 18.2 Å². The van der Waals surface area contributed by atoms with Crippen molar-refractivity contribution in [3.63, 3.8) is 0 Å². The molecule has 0 bridgehead atoms. The summed E-state index contributed by atoms with van der Waals surface area (Å²) >= 11 is 1.41. The van der Waals surface area contributed by atoms with Crippen LogP contribution >= 0.6 is 11.3 Å². The summed E-state index contributed by atoms with van der Waals surface area (Å²) in [6, 6.07) is 4.86. The maximum atomic E-state index is 12.8. The Balaban J connectivity index is 1.71. The molecule has 3 aromatic heterocycles. The molecule has 4 aromatic rings. The van der Waals surface area contributed by atoms with E-state index in [2.05, 4.69) is 25.4 Å². The molecule has 1 aromatic carbocycles. The van der Waals surface area contributed by atoms with Gasteiger partial charge in [0.15, 0.2) is 5.65 Å². The van der Waals surface area contributed by atoms with Crippen LogP contribution in [0.2, 0.25) is 0 Å². The number of alkyl halides is 3. The van der Waals surface area contributed by atoms with E-state index in [1.54, 1.807) is 24.1 Å². The van der Waals surface area contributed by atoms with Gasteiger partial charge in [-0.15, -0.1) is 16.4 Å². The molecule has 0 saturated carbocycles. The number of halogens is 3. The second kappa shape index (κ2) is 5.81. The molecule has 0 radical (unpaired) electrons. The highest BCUT2D eigenvalue weighted by atomic mass is 32.1. The zero-order valence-corrected chi connectivity index (χ0v) is 13.2. The molecule has 0 aliphatic heterocycles. The van der Waals surface area contributed by atoms with Crippen LogP contribution in [0.15, 0.2) is 48.4 Å². The second-order valence-electron chi connectivity index (χ2n) is 5.05. The number of thiazole rings is 1. The fraction of sp³-hybridized carbons (Fsp3) is 0.0667. The standard InChI is InChI=1S/C15H9F3N6S/c16-15(17,18)9-2-1-3-10(6-9)21-14-22-13-12(11-7-19-8-25-11)20-4-5-24(13)23-14/h1-8H,(H,21,23). The minimum Gasteiger partial charge on any atom is -0.323 e. The van der Waals surface area contributed by atoms with E-state index >= 15 is 0 Å². The lowest BCUT2D eigenvalue weighted by molar-refractivity contribution is -0.137. The van der Waals surface area contributed by atoms with Crippen molar-refractivity contribution in [2.75, 3.05) is 5.32 Å². The van der Waals surface area contributed by atoms with E-state index in [1.807, 2.05) is 0 Å². The molecular formula is C15H9F3N6S. The zero-order chi connectivity index (χ0) is 17.4. The van der Waals surface area contributed by atoms with Gasteiger partial charge >= 0.3 is 6.18 Å². The Bertz CT molecular complexity index is 1030. The number of benzene rings is 1. The Morgan fingerprint density at radius 3 is 2.84 bits per heavy atom. The maximum absolute atomic E-state index is 12.8. The largest absolute Gasteiger partial charge is 0.416 e. The summed E-state index contributed by atoms with van der Waals surface area (Å²) in [4.78, 5) is 13.5. The Morgan fingerprint density at radius 2 is 2.08 bits per heavy atom. The van der Waals surface area contributed by atoms with E-state index in [0.29, 0.717) is 11.3 Å². The normalized spacial score (nSPS) is 11.8. The summed E-state index contributed by atoms with van der Waals surface area (Å²) in [5.74, 6) is 0.179. The number of nitrogens with zero attached hydrogens (tertiary/aromatic N) is 5. The fourth-order valence-corrected chi connectivity index (χ4v) is 2.89. The molecule has 0 unspecified atom stereocenters. The van der Waals surface area contributed by atoms with Crippen molar-refractivity contribution in [1.82, 2.24) is 24.6 Å². The smallest absolute Gasteiger partial charge is 0.323 e. The first-order chi connectivity index (χ1) is 12.0. The van der Waals surface area contributed by atoms with Gasteiger partial charge in [-0.3, -0.25) is 4.98 Å². The van der Waals surface area contributed by atoms with E-state index in [-0.39, 0.29) is 11.6 Å². The summed E-state index contributed by atoms with van der Waals surface area (Å²) in [5, 5.41) is 7.02. The Kier molecular flexibility index (Phi) is 3.61. The number of hydrogen-bond acceptors (Lipinski definition) is 6. The van der Waals surface area contributed by atoms with Crippen LogP contribution in [-0.4, -0.2) is 24.6 Å². The molecule has 3 heterocycles. The predicted octanol–water partition coefficient (Wildman–Crippen LogP) is 4.01. The topological polar surface area (TPSA) is 68.0 Å². The molecule has 0 saturated heterocycles. The van der Waals surface area contributed by atoms with Gasteiger partial charge in [-0.25, -0.2) is 9.50 Å². The van der Waals surface area contributed by atoms with Crippen LogP contribution in [0.3, 0.4) is 0 Å². The maximum Gasteiger partial charge on any atom is 0.416 e. The highest BCUT2D eigenvalue weighted by Gasteiger charge is 2.30. The Morgan fingerprint density at radius 1 is 1.20 bits per heavy atom. The molecule has 6 nitrogen and oxygen atoms in total. The van der Waals surface area contributed by atoms with Gasteiger partial charge in [-0.2, -0.15) is 18.2 Å². The lowest BCUT2D eigenvalue weighted by atomic mass is 10.2.